The largest absolute Gasteiger partial charge is 0.467 e. The first kappa shape index (κ1) is 23.6. The first-order valence-electron chi connectivity index (χ1n) is 10.3. The van der Waals surface area contributed by atoms with Crippen molar-refractivity contribution in [1.82, 2.24) is 10.4 Å². The second-order valence-electron chi connectivity index (χ2n) is 7.42. The number of pyridine rings is 1. The van der Waals surface area contributed by atoms with Gasteiger partial charge in [0, 0.05) is 54.8 Å². The van der Waals surface area contributed by atoms with Crippen molar-refractivity contribution in [2.45, 2.75) is 26.4 Å². The molecule has 2 heterocycles. The van der Waals surface area contributed by atoms with Gasteiger partial charge in [0.2, 0.25) is 5.88 Å². The molecule has 0 radical (unpaired) electrons. The van der Waals surface area contributed by atoms with Crippen molar-refractivity contribution in [3.63, 3.8) is 0 Å². The fourth-order valence-corrected chi connectivity index (χ4v) is 3.55. The third-order valence-electron chi connectivity index (χ3n) is 5.01. The minimum Gasteiger partial charge on any atom is -0.467 e. The number of benzene rings is 1. The number of aromatic nitrogens is 1. The smallest absolute Gasteiger partial charge is 0.278 e. The van der Waals surface area contributed by atoms with Crippen molar-refractivity contribution < 1.29 is 19.2 Å². The maximum absolute atomic E-state index is 12.2. The van der Waals surface area contributed by atoms with Crippen molar-refractivity contribution in [1.29, 1.82) is 5.26 Å². The summed E-state index contributed by atoms with van der Waals surface area (Å²) in [6.07, 6.45) is 3.47. The maximum Gasteiger partial charge on any atom is 0.278 e. The van der Waals surface area contributed by atoms with Crippen LogP contribution in [0.2, 0.25) is 0 Å². The first-order valence-corrected chi connectivity index (χ1v) is 10.3. The zero-order chi connectivity index (χ0) is 23.8. The van der Waals surface area contributed by atoms with Gasteiger partial charge in [-0.25, -0.2) is 10.4 Å². The van der Waals surface area contributed by atoms with Gasteiger partial charge in [-0.1, -0.05) is 0 Å². The number of nitro groups is 1. The first-order chi connectivity index (χ1) is 15.9. The van der Waals surface area contributed by atoms with E-state index >= 15 is 0 Å². The molecule has 1 aliphatic rings. The molecular formula is C22H24N6O5. The second-order valence-corrected chi connectivity index (χ2v) is 7.42. The fourth-order valence-electron chi connectivity index (χ4n) is 3.55. The van der Waals surface area contributed by atoms with Crippen LogP contribution in [0.1, 0.15) is 35.2 Å². The number of carbonyl (C=O) groups is 1. The zero-order valence-corrected chi connectivity index (χ0v) is 18.4. The molecular weight excluding hydrogens is 428 g/mol. The molecule has 0 aliphatic carbocycles. The van der Waals surface area contributed by atoms with E-state index in [-0.39, 0.29) is 23.7 Å². The van der Waals surface area contributed by atoms with E-state index in [0.717, 1.165) is 31.6 Å². The fraction of sp³-hybridized carbons (Fsp3) is 0.364. The number of nitriles is 1. The predicted octanol–water partition coefficient (Wildman–Crippen LogP) is 2.45. The molecule has 2 aromatic rings. The van der Waals surface area contributed by atoms with Crippen molar-refractivity contribution >= 4 is 23.5 Å². The van der Waals surface area contributed by atoms with Gasteiger partial charge in [0.05, 0.1) is 17.7 Å². The minimum absolute atomic E-state index is 0.0404. The van der Waals surface area contributed by atoms with Gasteiger partial charge < -0.3 is 14.4 Å². The summed E-state index contributed by atoms with van der Waals surface area (Å²) in [4.78, 5) is 29.2. The van der Waals surface area contributed by atoms with Gasteiger partial charge in [-0.3, -0.25) is 14.9 Å². The Balaban J connectivity index is 1.68. The van der Waals surface area contributed by atoms with E-state index in [1.807, 2.05) is 6.07 Å². The molecule has 0 bridgehead atoms. The number of nitro benzene ring substituents is 1. The van der Waals surface area contributed by atoms with Crippen LogP contribution in [0.4, 0.5) is 11.4 Å². The van der Waals surface area contributed by atoms with Gasteiger partial charge in [0.25, 0.3) is 11.6 Å². The Kier molecular flexibility index (Phi) is 7.88. The second kappa shape index (κ2) is 11.0. The van der Waals surface area contributed by atoms with E-state index < -0.39 is 17.4 Å². The predicted molar refractivity (Wildman–Crippen MR) is 120 cm³/mol. The summed E-state index contributed by atoms with van der Waals surface area (Å²) in [7, 11) is 1.51. The molecule has 172 valence electrons. The summed E-state index contributed by atoms with van der Waals surface area (Å²) in [6.45, 7) is 3.25. The van der Waals surface area contributed by atoms with Crippen LogP contribution >= 0.6 is 0 Å². The van der Waals surface area contributed by atoms with Gasteiger partial charge in [0.15, 0.2) is 6.61 Å². The molecule has 0 saturated carbocycles. The topological polar surface area (TPSA) is 143 Å². The number of anilines is 1. The van der Waals surface area contributed by atoms with E-state index in [4.69, 9.17) is 9.47 Å². The Morgan fingerprint density at radius 3 is 2.82 bits per heavy atom. The van der Waals surface area contributed by atoms with E-state index in [0.29, 0.717) is 16.8 Å². The maximum atomic E-state index is 12.2. The number of non-ortho nitro benzene ring substituents is 1. The number of hydrazone groups is 1. The van der Waals surface area contributed by atoms with Crippen LogP contribution in [-0.4, -0.2) is 48.8 Å². The van der Waals surface area contributed by atoms with E-state index in [2.05, 4.69) is 20.4 Å². The summed E-state index contributed by atoms with van der Waals surface area (Å²) >= 11 is 0. The molecule has 11 heteroatoms. The van der Waals surface area contributed by atoms with Crippen LogP contribution in [-0.2, 0) is 16.1 Å². The van der Waals surface area contributed by atoms with E-state index in [1.54, 1.807) is 19.1 Å². The number of nitrogens with one attached hydrogen (secondary N) is 1. The summed E-state index contributed by atoms with van der Waals surface area (Å²) in [5, 5.41) is 24.5. The number of ether oxygens (including phenoxy) is 2. The highest BCUT2D eigenvalue weighted by Crippen LogP contribution is 2.27. The van der Waals surface area contributed by atoms with Gasteiger partial charge in [-0.05, 0) is 31.9 Å². The van der Waals surface area contributed by atoms with Gasteiger partial charge in [-0.2, -0.15) is 10.4 Å². The highest BCUT2D eigenvalue weighted by Gasteiger charge is 2.18. The average molecular weight is 452 g/mol. The Morgan fingerprint density at radius 2 is 2.15 bits per heavy atom. The SMILES string of the molecule is COCc1cc(C)nc(OCC(=O)N/N=C\c2cc([N+](=O)[O-])ccc2N2CCCC2)c1C#N. The highest BCUT2D eigenvalue weighted by molar-refractivity contribution is 5.90. The highest BCUT2D eigenvalue weighted by atomic mass is 16.6. The number of carbonyl (C=O) groups excluding carboxylic acids is 1. The molecule has 1 aromatic carbocycles. The van der Waals surface area contributed by atoms with Crippen molar-refractivity contribution in [2.75, 3.05) is 31.7 Å². The molecule has 1 saturated heterocycles. The molecule has 1 fully saturated rings. The Labute approximate surface area is 190 Å². The molecule has 1 aromatic heterocycles. The van der Waals surface area contributed by atoms with Crippen LogP contribution < -0.4 is 15.1 Å². The number of nitrogens with zero attached hydrogens (tertiary/aromatic N) is 5. The van der Waals surface area contributed by atoms with Gasteiger partial charge >= 0.3 is 0 Å². The molecule has 33 heavy (non-hydrogen) atoms. The van der Waals surface area contributed by atoms with Crippen LogP contribution in [0.15, 0.2) is 29.4 Å². The number of aryl methyl sites for hydroxylation is 1. The zero-order valence-electron chi connectivity index (χ0n) is 18.4. The lowest BCUT2D eigenvalue weighted by Gasteiger charge is -2.19. The van der Waals surface area contributed by atoms with E-state index in [9.17, 15) is 20.2 Å². The Bertz CT molecular complexity index is 1110. The molecule has 1 aliphatic heterocycles. The number of hydrogen-bond donors (Lipinski definition) is 1. The third kappa shape index (κ3) is 6.02. The summed E-state index contributed by atoms with van der Waals surface area (Å²) in [5.41, 5.74) is 5.06. The molecule has 11 nitrogen and oxygen atoms in total. The molecule has 1 N–H and O–H groups in total. The van der Waals surface area contributed by atoms with Crippen LogP contribution in [0.25, 0.3) is 0 Å². The minimum atomic E-state index is -0.570. The van der Waals surface area contributed by atoms with Crippen LogP contribution in [0.5, 0.6) is 5.88 Å². The van der Waals surface area contributed by atoms with Gasteiger partial charge in [0.1, 0.15) is 11.6 Å². The monoisotopic (exact) mass is 452 g/mol. The summed E-state index contributed by atoms with van der Waals surface area (Å²) in [5.74, 6) is -0.529. The third-order valence-corrected chi connectivity index (χ3v) is 5.01. The number of methoxy groups -OCH3 is 1. The molecule has 0 spiro atoms. The normalized spacial score (nSPS) is 13.2. The standard InChI is InChI=1S/C22H24N6O5/c1-15-9-17(13-32-2)19(11-23)22(25-15)33-14-21(29)26-24-12-16-10-18(28(30)31)5-6-20(16)27-7-3-4-8-27/h5-6,9-10,12H,3-4,7-8,13-14H2,1-2H3,(H,26,29)/b24-12-. The number of hydrogen-bond acceptors (Lipinski definition) is 9. The lowest BCUT2D eigenvalue weighted by atomic mass is 10.1. The summed E-state index contributed by atoms with van der Waals surface area (Å²) in [6, 6.07) is 8.32. The van der Waals surface area contributed by atoms with Crippen LogP contribution in [0.3, 0.4) is 0 Å². The molecule has 1 amide bonds. The molecule has 0 unspecified atom stereocenters. The van der Waals surface area contributed by atoms with Crippen LogP contribution in [0, 0.1) is 28.4 Å². The van der Waals surface area contributed by atoms with Gasteiger partial charge in [-0.15, -0.1) is 0 Å². The number of amides is 1. The number of rotatable bonds is 9. The van der Waals surface area contributed by atoms with Crippen molar-refractivity contribution in [2.24, 2.45) is 5.10 Å². The quantitative estimate of drug-likeness (QED) is 0.347. The van der Waals surface area contributed by atoms with Crippen molar-refractivity contribution in [3.8, 4) is 11.9 Å². The molecule has 0 atom stereocenters. The molecule has 3 rings (SSSR count). The Morgan fingerprint density at radius 1 is 1.39 bits per heavy atom. The average Bonchev–Trinajstić information content (AvgIpc) is 3.32. The lowest BCUT2D eigenvalue weighted by Crippen LogP contribution is -2.25. The summed E-state index contributed by atoms with van der Waals surface area (Å²) < 4.78 is 10.5. The Hall–Kier alpha value is -4.04. The van der Waals surface area contributed by atoms with E-state index in [1.165, 1.54) is 25.5 Å². The lowest BCUT2D eigenvalue weighted by molar-refractivity contribution is -0.384. The van der Waals surface area contributed by atoms with Crippen molar-refractivity contribution in [3.05, 3.63) is 56.8 Å².